The Morgan fingerprint density at radius 3 is 2.51 bits per heavy atom. The maximum atomic E-state index is 14.7. The van der Waals surface area contributed by atoms with Crippen molar-refractivity contribution in [1.82, 2.24) is 30.1 Å². The van der Waals surface area contributed by atoms with Crippen molar-refractivity contribution in [2.75, 3.05) is 40.4 Å². The van der Waals surface area contributed by atoms with Crippen LogP contribution in [0.15, 0.2) is 73.3 Å². The van der Waals surface area contributed by atoms with Gasteiger partial charge in [-0.1, -0.05) is 70.7 Å². The number of carbonyl (C=O) groups excluding carboxylic acids is 5. The number of aromatic nitrogens is 1. The third-order valence-electron chi connectivity index (χ3n) is 13.6. The highest BCUT2D eigenvalue weighted by Gasteiger charge is 2.48. The Morgan fingerprint density at radius 1 is 1.06 bits per heavy atom. The van der Waals surface area contributed by atoms with E-state index in [1.165, 1.54) is 21.9 Å². The van der Waals surface area contributed by atoms with Crippen LogP contribution in [0, 0.1) is 11.3 Å². The number of carbonyl (C=O) groups is 5. The number of methoxy groups -OCH3 is 1. The second-order valence-electron chi connectivity index (χ2n) is 19.5. The number of likely N-dealkylation sites (tertiary alicyclic amines) is 1. The second kappa shape index (κ2) is 19.7. The first kappa shape index (κ1) is 48.9. The number of esters is 1. The summed E-state index contributed by atoms with van der Waals surface area (Å²) in [5.41, 5.74) is 7.93. The molecule has 4 N–H and O–H groups in total. The summed E-state index contributed by atoms with van der Waals surface area (Å²) < 4.78 is 14.3. The number of nitrogens with zero attached hydrogens (tertiary/aromatic N) is 4. The van der Waals surface area contributed by atoms with Gasteiger partial charge in [0.15, 0.2) is 5.60 Å². The number of amides is 4. The Labute approximate surface area is 393 Å². The topological polar surface area (TPSA) is 183 Å². The average Bonchev–Trinajstić information content (AvgIpc) is 3.86. The summed E-state index contributed by atoms with van der Waals surface area (Å²) in [5, 5.41) is 28.1. The van der Waals surface area contributed by atoms with E-state index >= 15 is 0 Å². The summed E-state index contributed by atoms with van der Waals surface area (Å²) >= 11 is 0. The molecule has 4 heterocycles. The van der Waals surface area contributed by atoms with Crippen LogP contribution >= 0.6 is 0 Å². The molecular weight excluding hydrogens is 853 g/mol. The lowest BCUT2D eigenvalue weighted by Gasteiger charge is -2.37. The zero-order valence-corrected chi connectivity index (χ0v) is 40.1. The minimum absolute atomic E-state index is 0.0215. The zero-order valence-electron chi connectivity index (χ0n) is 40.1. The van der Waals surface area contributed by atoms with E-state index in [9.17, 15) is 34.2 Å². The van der Waals surface area contributed by atoms with Gasteiger partial charge in [0.05, 0.1) is 24.9 Å². The summed E-state index contributed by atoms with van der Waals surface area (Å²) in [6, 6.07) is 16.4. The van der Waals surface area contributed by atoms with E-state index in [4.69, 9.17) is 9.47 Å². The van der Waals surface area contributed by atoms with E-state index in [0.717, 1.165) is 44.9 Å². The van der Waals surface area contributed by atoms with Crippen molar-refractivity contribution in [3.05, 3.63) is 90.0 Å². The standard InChI is InChI=1S/C52H66N6O9/c1-10-44(60)56-22-20-52(65,29-56)50(64)55(8)45(31(3)4)47(61)53-42-25-33-23-35(26-36(59)24-33)34-18-19-43-39(27-34)40(46(57(43)11-2)38-16-13-12-15-37(38)32(5)66-9)28-51(6,7)30-67-49(63)41-17-14-21-58(54-41)48(42)62/h10,12-13,15-16,18-19,23-24,26-27,31-32,41-42,45,54,59,65H,1,11,14,17,20-22,25,28-30H2,2-9H3,(H,53,61)/t32-,41+,42+,45+,52-/m1/s1. The van der Waals surface area contributed by atoms with Crippen LogP contribution in [0.25, 0.3) is 33.3 Å². The smallest absolute Gasteiger partial charge is 0.324 e. The maximum Gasteiger partial charge on any atom is 0.324 e. The molecule has 3 aliphatic rings. The molecule has 0 unspecified atom stereocenters. The molecule has 358 valence electrons. The molecule has 2 saturated heterocycles. The fourth-order valence-electron chi connectivity index (χ4n) is 10.1. The van der Waals surface area contributed by atoms with Crippen molar-refractivity contribution in [1.29, 1.82) is 0 Å². The van der Waals surface area contributed by atoms with E-state index < -0.39 is 64.7 Å². The highest BCUT2D eigenvalue weighted by molar-refractivity contribution is 5.97. The van der Waals surface area contributed by atoms with Gasteiger partial charge in [0, 0.05) is 68.5 Å². The largest absolute Gasteiger partial charge is 0.508 e. The van der Waals surface area contributed by atoms with Crippen molar-refractivity contribution in [3.8, 4) is 28.1 Å². The first-order valence-electron chi connectivity index (χ1n) is 23.4. The van der Waals surface area contributed by atoms with Crippen molar-refractivity contribution >= 4 is 40.5 Å². The van der Waals surface area contributed by atoms with Gasteiger partial charge in [-0.15, -0.1) is 0 Å². The summed E-state index contributed by atoms with van der Waals surface area (Å²) in [7, 11) is 3.13. The highest BCUT2D eigenvalue weighted by atomic mass is 16.5. The number of aliphatic hydroxyl groups is 1. The van der Waals surface area contributed by atoms with Crippen molar-refractivity contribution in [2.24, 2.45) is 11.3 Å². The van der Waals surface area contributed by atoms with E-state index in [0.29, 0.717) is 36.9 Å². The number of hydrogen-bond acceptors (Lipinski definition) is 10. The van der Waals surface area contributed by atoms with Gasteiger partial charge in [0.25, 0.3) is 11.8 Å². The number of nitrogens with one attached hydrogen (secondary N) is 2. The number of fused-ring (bicyclic) bond motifs is 6. The predicted molar refractivity (Wildman–Crippen MR) is 255 cm³/mol. The lowest BCUT2D eigenvalue weighted by Crippen LogP contribution is -2.63. The van der Waals surface area contributed by atoms with E-state index in [-0.39, 0.29) is 50.9 Å². The summed E-state index contributed by atoms with van der Waals surface area (Å²) in [6.07, 6.45) is 2.31. The van der Waals surface area contributed by atoms with Gasteiger partial charge in [-0.2, -0.15) is 0 Å². The van der Waals surface area contributed by atoms with Gasteiger partial charge in [-0.25, -0.2) is 5.43 Å². The van der Waals surface area contributed by atoms with Crippen LogP contribution in [0.2, 0.25) is 0 Å². The van der Waals surface area contributed by atoms with E-state index in [1.54, 1.807) is 33.1 Å². The number of aromatic hydroxyl groups is 1. The Bertz CT molecular complexity index is 2570. The van der Waals surface area contributed by atoms with Crippen molar-refractivity contribution < 1.29 is 43.7 Å². The molecule has 0 spiro atoms. The van der Waals surface area contributed by atoms with Gasteiger partial charge in [0.1, 0.15) is 23.9 Å². The molecule has 0 radical (unpaired) electrons. The molecule has 1 aromatic heterocycles. The molecule has 5 atom stereocenters. The fraction of sp³-hybridized carbons (Fsp3) is 0.481. The Morgan fingerprint density at radius 2 is 1.81 bits per heavy atom. The lowest BCUT2D eigenvalue weighted by molar-refractivity contribution is -0.156. The molecule has 2 fully saturated rings. The predicted octanol–water partition coefficient (Wildman–Crippen LogP) is 5.69. The van der Waals surface area contributed by atoms with Crippen LogP contribution in [0.3, 0.4) is 0 Å². The third kappa shape index (κ3) is 10.00. The third-order valence-corrected chi connectivity index (χ3v) is 13.6. The molecule has 3 aromatic carbocycles. The number of phenolic OH excluding ortho intramolecular Hbond substituents is 1. The SMILES string of the molecule is C=CC(=O)N1CC[C@](O)(C(=O)N(C)[C@H](C(=O)N[C@H]2Cc3cc(O)cc(c3)-c3ccc4c(c3)c(c(-c3ccccc3[C@@H](C)OC)n4CC)CC(C)(C)COC(=O)[C@@H]3CCCN(N3)C2=O)C(C)C)C1. The molecule has 67 heavy (non-hydrogen) atoms. The van der Waals surface area contributed by atoms with E-state index in [2.05, 4.69) is 66.9 Å². The van der Waals surface area contributed by atoms with Crippen LogP contribution in [0.5, 0.6) is 5.75 Å². The molecule has 4 amide bonds. The van der Waals surface area contributed by atoms with Crippen LogP contribution in [-0.2, 0) is 52.8 Å². The van der Waals surface area contributed by atoms with Gasteiger partial charge in [-0.05, 0) is 97.2 Å². The molecule has 0 saturated carbocycles. The van der Waals surface area contributed by atoms with Crippen molar-refractivity contribution in [2.45, 2.75) is 110 Å². The van der Waals surface area contributed by atoms with E-state index in [1.807, 2.05) is 31.2 Å². The second-order valence-corrected chi connectivity index (χ2v) is 19.5. The lowest BCUT2D eigenvalue weighted by atomic mass is 9.83. The van der Waals surface area contributed by atoms with Crippen LogP contribution in [-0.4, -0.2) is 123 Å². The minimum atomic E-state index is -1.93. The molecule has 15 nitrogen and oxygen atoms in total. The molecule has 15 heteroatoms. The highest BCUT2D eigenvalue weighted by Crippen LogP contribution is 2.43. The number of hydrazine groups is 1. The molecular formula is C52H66N6O9. The number of ether oxygens (including phenoxy) is 2. The Kier molecular flexibility index (Phi) is 14.4. The molecule has 4 aromatic rings. The van der Waals surface area contributed by atoms with Crippen LogP contribution in [0.1, 0.15) is 83.6 Å². The van der Waals surface area contributed by atoms with Gasteiger partial charge in [0.2, 0.25) is 11.8 Å². The van der Waals surface area contributed by atoms with Crippen molar-refractivity contribution in [3.63, 3.8) is 0 Å². The first-order chi connectivity index (χ1) is 31.8. The maximum absolute atomic E-state index is 14.7. The number of rotatable bonds is 10. The number of likely N-dealkylation sites (N-methyl/N-ethyl adjacent to an activating group) is 1. The zero-order chi connectivity index (χ0) is 48.5. The summed E-state index contributed by atoms with van der Waals surface area (Å²) in [4.78, 5) is 72.0. The Balaban J connectivity index is 1.31. The first-order valence-corrected chi connectivity index (χ1v) is 23.4. The van der Waals surface area contributed by atoms with Gasteiger partial charge >= 0.3 is 5.97 Å². The van der Waals surface area contributed by atoms with Crippen LogP contribution < -0.4 is 10.7 Å². The van der Waals surface area contributed by atoms with Crippen LogP contribution in [0.4, 0.5) is 0 Å². The molecule has 0 aliphatic carbocycles. The average molecular weight is 919 g/mol. The molecule has 3 aliphatic heterocycles. The minimum Gasteiger partial charge on any atom is -0.508 e. The quantitative estimate of drug-likeness (QED) is 0.114. The Hall–Kier alpha value is -6.03. The summed E-state index contributed by atoms with van der Waals surface area (Å²) in [6.45, 7) is 16.2. The normalized spacial score (nSPS) is 21.9. The molecule has 7 rings (SSSR count). The number of benzene rings is 3. The number of aryl methyl sites for hydroxylation is 1. The van der Waals surface area contributed by atoms with Gasteiger partial charge < -0.3 is 39.4 Å². The monoisotopic (exact) mass is 918 g/mol. The molecule has 6 bridgehead atoms. The number of phenols is 1. The van der Waals surface area contributed by atoms with Gasteiger partial charge in [-0.3, -0.25) is 29.0 Å². The number of hydrogen-bond donors (Lipinski definition) is 4. The summed E-state index contributed by atoms with van der Waals surface area (Å²) in [5.74, 6) is -3.31. The number of cyclic esters (lactones) is 1. The number of β-amino-alcohol motifs (C(OH)–C–C–N with tert-alkyl or cyclic N) is 1. The fourth-order valence-corrected chi connectivity index (χ4v) is 10.1.